The van der Waals surface area contributed by atoms with Crippen molar-refractivity contribution in [1.29, 1.82) is 0 Å². The molecule has 0 bridgehead atoms. The number of nitrogens with two attached hydrogens (primary N) is 1. The van der Waals surface area contributed by atoms with Crippen LogP contribution in [0.5, 0.6) is 0 Å². The van der Waals surface area contributed by atoms with Gasteiger partial charge in [-0.25, -0.2) is 0 Å². The number of hydrogen-bond acceptors (Lipinski definition) is 5. The smallest absolute Gasteiger partial charge is 0.191 e. The van der Waals surface area contributed by atoms with Gasteiger partial charge in [-0.2, -0.15) is 0 Å². The second-order valence-corrected chi connectivity index (χ2v) is 5.84. The van der Waals surface area contributed by atoms with Gasteiger partial charge in [0.2, 0.25) is 0 Å². The van der Waals surface area contributed by atoms with Crippen LogP contribution >= 0.6 is 17.0 Å². The number of piperazine rings is 1. The minimum Gasteiger partial charge on any atom is -0.370 e. The summed E-state index contributed by atoms with van der Waals surface area (Å²) < 4.78 is 0. The number of anilines is 1. The van der Waals surface area contributed by atoms with Gasteiger partial charge in [0.25, 0.3) is 0 Å². The molecule has 2 N–H and O–H groups in total. The summed E-state index contributed by atoms with van der Waals surface area (Å²) in [7, 11) is 0. The van der Waals surface area contributed by atoms with Crippen LogP contribution in [0, 0.1) is 6.92 Å². The number of hydrogen-bond donors (Lipinski definition) is 1. The number of rotatable bonds is 4. The predicted molar refractivity (Wildman–Crippen MR) is 98.2 cm³/mol. The minimum atomic E-state index is 0. The largest absolute Gasteiger partial charge is 0.370 e. The van der Waals surface area contributed by atoms with E-state index < -0.39 is 0 Å². The van der Waals surface area contributed by atoms with Gasteiger partial charge in [-0.15, -0.1) is 17.0 Å². The first kappa shape index (κ1) is 17.1. The van der Waals surface area contributed by atoms with E-state index in [0.29, 0.717) is 5.96 Å². The Morgan fingerprint density at radius 2 is 1.77 bits per heavy atom. The van der Waals surface area contributed by atoms with Crippen molar-refractivity contribution in [1.82, 2.24) is 9.80 Å². The Morgan fingerprint density at radius 3 is 2.41 bits per heavy atom. The fraction of sp³-hybridized carbons (Fsp3) is 0.562. The Bertz CT molecular complexity index is 511. The molecule has 2 aliphatic heterocycles. The van der Waals surface area contributed by atoms with Crippen LogP contribution in [0.3, 0.4) is 0 Å². The molecule has 1 fully saturated rings. The van der Waals surface area contributed by atoms with Crippen LogP contribution in [0.1, 0.15) is 5.56 Å². The Labute approximate surface area is 143 Å². The van der Waals surface area contributed by atoms with E-state index in [1.54, 1.807) is 0 Å². The molecule has 1 saturated heterocycles. The second kappa shape index (κ2) is 7.83. The van der Waals surface area contributed by atoms with Gasteiger partial charge in [0.15, 0.2) is 5.96 Å². The molecule has 0 aromatic heterocycles. The van der Waals surface area contributed by atoms with Crippen LogP contribution in [0.4, 0.5) is 5.69 Å². The standard InChI is InChI=1S/C16H25N5.BrH/c1-14-4-2-3-5-15(14)20-11-8-19(9-12-20)10-13-21-7-6-18-16(21)17;/h2-5H,6-13H2,1H3,(H2,17,18);1H. The average Bonchev–Trinajstić information content (AvgIpc) is 2.92. The summed E-state index contributed by atoms with van der Waals surface area (Å²) >= 11 is 0. The SMILES string of the molecule is Br.Cc1ccccc1N1CCN(CCN2CCN=C2N)CC1. The lowest BCUT2D eigenvalue weighted by molar-refractivity contribution is 0.237. The molecule has 0 atom stereocenters. The fourth-order valence-electron chi connectivity index (χ4n) is 3.12. The summed E-state index contributed by atoms with van der Waals surface area (Å²) in [5.74, 6) is 0.716. The third kappa shape index (κ3) is 3.93. The van der Waals surface area contributed by atoms with E-state index in [1.165, 1.54) is 11.3 Å². The molecule has 122 valence electrons. The van der Waals surface area contributed by atoms with Crippen molar-refractivity contribution in [2.45, 2.75) is 6.92 Å². The van der Waals surface area contributed by atoms with Crippen LogP contribution in [-0.4, -0.2) is 68.1 Å². The molecule has 5 nitrogen and oxygen atoms in total. The molecule has 3 rings (SSSR count). The maximum absolute atomic E-state index is 5.86. The number of benzene rings is 1. The number of halogens is 1. The van der Waals surface area contributed by atoms with Crippen LogP contribution in [0.25, 0.3) is 0 Å². The van der Waals surface area contributed by atoms with Gasteiger partial charge in [0.1, 0.15) is 0 Å². The van der Waals surface area contributed by atoms with Crippen molar-refractivity contribution < 1.29 is 0 Å². The van der Waals surface area contributed by atoms with Crippen molar-refractivity contribution in [3.63, 3.8) is 0 Å². The maximum atomic E-state index is 5.86. The average molecular weight is 368 g/mol. The molecule has 2 aliphatic rings. The monoisotopic (exact) mass is 367 g/mol. The zero-order chi connectivity index (χ0) is 14.7. The number of para-hydroxylation sites is 1. The molecule has 0 spiro atoms. The zero-order valence-electron chi connectivity index (χ0n) is 13.2. The van der Waals surface area contributed by atoms with E-state index in [4.69, 9.17) is 5.73 Å². The molecule has 0 radical (unpaired) electrons. The first-order valence-electron chi connectivity index (χ1n) is 7.82. The maximum Gasteiger partial charge on any atom is 0.191 e. The van der Waals surface area contributed by atoms with Crippen molar-refractivity contribution >= 4 is 28.6 Å². The minimum absolute atomic E-state index is 0. The van der Waals surface area contributed by atoms with Crippen LogP contribution in [0.2, 0.25) is 0 Å². The van der Waals surface area contributed by atoms with Crippen LogP contribution in [0.15, 0.2) is 29.3 Å². The summed E-state index contributed by atoms with van der Waals surface area (Å²) in [6.45, 7) is 10.6. The number of nitrogens with zero attached hydrogens (tertiary/aromatic N) is 4. The van der Waals surface area contributed by atoms with Crippen molar-refractivity contribution in [3.05, 3.63) is 29.8 Å². The number of guanidine groups is 1. The molecule has 2 heterocycles. The molecule has 0 unspecified atom stereocenters. The van der Waals surface area contributed by atoms with E-state index >= 15 is 0 Å². The predicted octanol–water partition coefficient (Wildman–Crippen LogP) is 1.33. The highest BCUT2D eigenvalue weighted by Gasteiger charge is 2.20. The molecule has 1 aromatic rings. The normalized spacial score (nSPS) is 19.0. The van der Waals surface area contributed by atoms with Gasteiger partial charge in [0.05, 0.1) is 6.54 Å². The summed E-state index contributed by atoms with van der Waals surface area (Å²) in [4.78, 5) is 11.5. The topological polar surface area (TPSA) is 48.1 Å². The van der Waals surface area contributed by atoms with E-state index in [2.05, 4.69) is 50.9 Å². The molecule has 0 saturated carbocycles. The third-order valence-electron chi connectivity index (χ3n) is 4.48. The molecule has 1 aromatic carbocycles. The highest BCUT2D eigenvalue weighted by molar-refractivity contribution is 8.93. The molecule has 22 heavy (non-hydrogen) atoms. The third-order valence-corrected chi connectivity index (χ3v) is 4.48. The molecular weight excluding hydrogens is 342 g/mol. The van der Waals surface area contributed by atoms with E-state index in [0.717, 1.165) is 52.4 Å². The van der Waals surface area contributed by atoms with Gasteiger partial charge >= 0.3 is 0 Å². The lowest BCUT2D eigenvalue weighted by Crippen LogP contribution is -2.49. The van der Waals surface area contributed by atoms with Crippen LogP contribution < -0.4 is 10.6 Å². The van der Waals surface area contributed by atoms with Gasteiger partial charge in [0, 0.05) is 51.5 Å². The Balaban J connectivity index is 0.00000176. The lowest BCUT2D eigenvalue weighted by atomic mass is 10.1. The summed E-state index contributed by atoms with van der Waals surface area (Å²) in [5, 5.41) is 0. The summed E-state index contributed by atoms with van der Waals surface area (Å²) in [6, 6.07) is 8.66. The van der Waals surface area contributed by atoms with Crippen molar-refractivity contribution in [2.24, 2.45) is 10.7 Å². The van der Waals surface area contributed by atoms with Gasteiger partial charge < -0.3 is 15.5 Å². The highest BCUT2D eigenvalue weighted by Crippen LogP contribution is 2.20. The van der Waals surface area contributed by atoms with Gasteiger partial charge in [-0.05, 0) is 18.6 Å². The summed E-state index contributed by atoms with van der Waals surface area (Å²) in [6.07, 6.45) is 0. The second-order valence-electron chi connectivity index (χ2n) is 5.84. The molecule has 6 heteroatoms. The van der Waals surface area contributed by atoms with Gasteiger partial charge in [-0.1, -0.05) is 18.2 Å². The number of aliphatic imine (C=N–C) groups is 1. The highest BCUT2D eigenvalue weighted by atomic mass is 79.9. The Morgan fingerprint density at radius 1 is 1.05 bits per heavy atom. The number of aryl methyl sites for hydroxylation is 1. The van der Waals surface area contributed by atoms with E-state index in [-0.39, 0.29) is 17.0 Å². The Hall–Kier alpha value is -1.27. The zero-order valence-corrected chi connectivity index (χ0v) is 15.0. The van der Waals surface area contributed by atoms with Crippen molar-refractivity contribution in [3.8, 4) is 0 Å². The first-order valence-corrected chi connectivity index (χ1v) is 7.82. The molecule has 0 amide bonds. The van der Waals surface area contributed by atoms with Gasteiger partial charge in [-0.3, -0.25) is 9.89 Å². The molecular formula is C16H26BrN5. The van der Waals surface area contributed by atoms with Crippen LogP contribution in [-0.2, 0) is 0 Å². The fourth-order valence-corrected chi connectivity index (χ4v) is 3.12. The quantitative estimate of drug-likeness (QED) is 0.871. The molecule has 0 aliphatic carbocycles. The summed E-state index contributed by atoms with van der Waals surface area (Å²) in [5.41, 5.74) is 8.61. The van der Waals surface area contributed by atoms with E-state index in [1.807, 2.05) is 0 Å². The van der Waals surface area contributed by atoms with E-state index in [9.17, 15) is 0 Å². The lowest BCUT2D eigenvalue weighted by Gasteiger charge is -2.37. The van der Waals surface area contributed by atoms with Crippen molar-refractivity contribution in [2.75, 3.05) is 57.3 Å². The Kier molecular flexibility index (Phi) is 6.08. The first-order chi connectivity index (χ1) is 10.2.